The van der Waals surface area contributed by atoms with Crippen molar-refractivity contribution in [3.05, 3.63) is 51.2 Å². The molecule has 2 aromatic rings. The van der Waals surface area contributed by atoms with E-state index in [1.807, 2.05) is 25.1 Å². The number of nitrogens with one attached hydrogen (secondary N) is 1. The molecule has 0 aliphatic heterocycles. The zero-order valence-corrected chi connectivity index (χ0v) is 13.7. The summed E-state index contributed by atoms with van der Waals surface area (Å²) in [5.74, 6) is 0.284. The number of hydrogen-bond acceptors (Lipinski definition) is 3. The predicted molar refractivity (Wildman–Crippen MR) is 86.4 cm³/mol. The molecule has 0 radical (unpaired) electrons. The van der Waals surface area contributed by atoms with Gasteiger partial charge in [-0.3, -0.25) is 0 Å². The van der Waals surface area contributed by atoms with Crippen LogP contribution in [0.1, 0.15) is 30.5 Å². The Morgan fingerprint density at radius 3 is 2.80 bits per heavy atom. The Hall–Kier alpha value is -1.26. The smallest absolute Gasteiger partial charge is 0.132 e. The fourth-order valence-electron chi connectivity index (χ4n) is 2.04. The summed E-state index contributed by atoms with van der Waals surface area (Å²) < 4.78 is 0.941. The van der Waals surface area contributed by atoms with Crippen molar-refractivity contribution in [2.24, 2.45) is 0 Å². The number of aryl methyl sites for hydroxylation is 1. The average molecular weight is 356 g/mol. The molecule has 0 bridgehead atoms. The molecule has 1 unspecified atom stereocenters. The van der Waals surface area contributed by atoms with Gasteiger partial charge in [-0.25, -0.2) is 4.98 Å². The summed E-state index contributed by atoms with van der Waals surface area (Å²) in [6.45, 7) is 3.98. The van der Waals surface area contributed by atoms with Crippen molar-refractivity contribution in [2.45, 2.75) is 26.3 Å². The van der Waals surface area contributed by atoms with Gasteiger partial charge in [-0.1, -0.05) is 34.5 Å². The molecule has 0 spiro atoms. The zero-order valence-electron chi connectivity index (χ0n) is 11.3. The molecule has 1 aromatic heterocycles. The van der Waals surface area contributed by atoms with Crippen LogP contribution in [-0.4, -0.2) is 10.1 Å². The molecule has 1 atom stereocenters. The topological polar surface area (TPSA) is 45.2 Å². The Labute approximate surface area is 132 Å². The van der Waals surface area contributed by atoms with Crippen LogP contribution in [0.5, 0.6) is 5.75 Å². The standard InChI is InChI=1S/C15H16BrClN2O/c1-3-13(12-7-10(16)4-5-14(12)20)19-11-6-9(2)15(17)18-8-11/h4-8,13,19-20H,3H2,1-2H3. The van der Waals surface area contributed by atoms with Crippen molar-refractivity contribution in [3.63, 3.8) is 0 Å². The monoisotopic (exact) mass is 354 g/mol. The van der Waals surface area contributed by atoms with Gasteiger partial charge in [0.05, 0.1) is 17.9 Å². The number of aromatic hydroxyl groups is 1. The van der Waals surface area contributed by atoms with Gasteiger partial charge < -0.3 is 10.4 Å². The summed E-state index contributed by atoms with van der Waals surface area (Å²) in [5, 5.41) is 13.9. The summed E-state index contributed by atoms with van der Waals surface area (Å²) in [6.07, 6.45) is 2.54. The van der Waals surface area contributed by atoms with Crippen LogP contribution < -0.4 is 5.32 Å². The summed E-state index contributed by atoms with van der Waals surface area (Å²) in [5.41, 5.74) is 2.66. The second-order valence-corrected chi connectivity index (χ2v) is 5.91. The molecule has 0 saturated heterocycles. The third-order valence-electron chi connectivity index (χ3n) is 3.13. The van der Waals surface area contributed by atoms with Gasteiger partial charge in [-0.15, -0.1) is 0 Å². The lowest BCUT2D eigenvalue weighted by Gasteiger charge is -2.20. The first-order valence-electron chi connectivity index (χ1n) is 6.38. The van der Waals surface area contributed by atoms with Crippen LogP contribution in [0.15, 0.2) is 34.9 Å². The highest BCUT2D eigenvalue weighted by atomic mass is 79.9. The molecular formula is C15H16BrClN2O. The van der Waals surface area contributed by atoms with Crippen LogP contribution in [0.4, 0.5) is 5.69 Å². The van der Waals surface area contributed by atoms with E-state index < -0.39 is 0 Å². The van der Waals surface area contributed by atoms with Crippen molar-refractivity contribution in [1.82, 2.24) is 4.98 Å². The van der Waals surface area contributed by atoms with Crippen LogP contribution in [0, 0.1) is 6.92 Å². The lowest BCUT2D eigenvalue weighted by molar-refractivity contribution is 0.462. The number of nitrogens with zero attached hydrogens (tertiary/aromatic N) is 1. The highest BCUT2D eigenvalue weighted by Gasteiger charge is 2.14. The first-order chi connectivity index (χ1) is 9.51. The Bertz CT molecular complexity index is 619. The number of aromatic nitrogens is 1. The molecule has 2 N–H and O–H groups in total. The highest BCUT2D eigenvalue weighted by molar-refractivity contribution is 9.10. The molecular weight excluding hydrogens is 340 g/mol. The molecule has 1 aromatic carbocycles. The summed E-state index contributed by atoms with van der Waals surface area (Å²) in [4.78, 5) is 4.13. The number of benzene rings is 1. The largest absolute Gasteiger partial charge is 0.508 e. The zero-order chi connectivity index (χ0) is 14.7. The Balaban J connectivity index is 2.28. The maximum absolute atomic E-state index is 10.0. The third-order valence-corrected chi connectivity index (χ3v) is 4.02. The minimum Gasteiger partial charge on any atom is -0.508 e. The van der Waals surface area contributed by atoms with Gasteiger partial charge in [0, 0.05) is 10.0 Å². The fourth-order valence-corrected chi connectivity index (χ4v) is 2.52. The molecule has 0 amide bonds. The number of hydrogen-bond donors (Lipinski definition) is 2. The first-order valence-corrected chi connectivity index (χ1v) is 7.55. The van der Waals surface area contributed by atoms with E-state index in [0.717, 1.165) is 27.7 Å². The number of rotatable bonds is 4. The molecule has 20 heavy (non-hydrogen) atoms. The number of halogens is 2. The van der Waals surface area contributed by atoms with Gasteiger partial charge >= 0.3 is 0 Å². The van der Waals surface area contributed by atoms with E-state index in [2.05, 4.69) is 33.2 Å². The van der Waals surface area contributed by atoms with Gasteiger partial charge in [0.2, 0.25) is 0 Å². The van der Waals surface area contributed by atoms with Crippen LogP contribution in [-0.2, 0) is 0 Å². The van der Waals surface area contributed by atoms with Crippen molar-refractivity contribution >= 4 is 33.2 Å². The van der Waals surface area contributed by atoms with Gasteiger partial charge in [0.25, 0.3) is 0 Å². The molecule has 0 saturated carbocycles. The van der Waals surface area contributed by atoms with E-state index in [1.54, 1.807) is 12.3 Å². The van der Waals surface area contributed by atoms with Crippen molar-refractivity contribution in [1.29, 1.82) is 0 Å². The molecule has 5 heteroatoms. The lowest BCUT2D eigenvalue weighted by Crippen LogP contribution is -2.10. The SMILES string of the molecule is CCC(Nc1cnc(Cl)c(C)c1)c1cc(Br)ccc1O. The number of phenolic OH excluding ortho intramolecular Hbond substituents is 1. The van der Waals surface area contributed by atoms with Crippen LogP contribution >= 0.6 is 27.5 Å². The Kier molecular flexibility index (Phi) is 4.89. The van der Waals surface area contributed by atoms with E-state index in [1.165, 1.54) is 0 Å². The van der Waals surface area contributed by atoms with Gasteiger partial charge in [0.1, 0.15) is 10.9 Å². The van der Waals surface area contributed by atoms with Crippen LogP contribution in [0.25, 0.3) is 0 Å². The Morgan fingerprint density at radius 1 is 1.40 bits per heavy atom. The van der Waals surface area contributed by atoms with Crippen molar-refractivity contribution < 1.29 is 5.11 Å². The van der Waals surface area contributed by atoms with Crippen molar-refractivity contribution in [2.75, 3.05) is 5.32 Å². The fraction of sp³-hybridized carbons (Fsp3) is 0.267. The minimum absolute atomic E-state index is 0.00914. The molecule has 0 fully saturated rings. The van der Waals surface area contributed by atoms with E-state index in [0.29, 0.717) is 5.15 Å². The molecule has 1 heterocycles. The Morgan fingerprint density at radius 2 is 2.15 bits per heavy atom. The summed E-state index contributed by atoms with van der Waals surface area (Å²) in [6, 6.07) is 7.39. The van der Waals surface area contributed by atoms with Gasteiger partial charge in [-0.2, -0.15) is 0 Å². The maximum atomic E-state index is 10.0. The second kappa shape index (κ2) is 6.46. The number of anilines is 1. The summed E-state index contributed by atoms with van der Waals surface area (Å²) in [7, 11) is 0. The van der Waals surface area contributed by atoms with Crippen molar-refractivity contribution in [3.8, 4) is 5.75 Å². The molecule has 106 valence electrons. The quantitative estimate of drug-likeness (QED) is 0.752. The van der Waals surface area contributed by atoms with E-state index in [-0.39, 0.29) is 11.8 Å². The average Bonchev–Trinajstić information content (AvgIpc) is 2.43. The lowest BCUT2D eigenvalue weighted by atomic mass is 10.0. The highest BCUT2D eigenvalue weighted by Crippen LogP contribution is 2.32. The summed E-state index contributed by atoms with van der Waals surface area (Å²) >= 11 is 9.36. The molecule has 2 rings (SSSR count). The number of phenols is 1. The second-order valence-electron chi connectivity index (χ2n) is 4.64. The third kappa shape index (κ3) is 3.44. The maximum Gasteiger partial charge on any atom is 0.132 e. The molecule has 0 aliphatic rings. The number of pyridine rings is 1. The van der Waals surface area contributed by atoms with E-state index >= 15 is 0 Å². The van der Waals surface area contributed by atoms with Crippen LogP contribution in [0.2, 0.25) is 5.15 Å². The molecule has 3 nitrogen and oxygen atoms in total. The van der Waals surface area contributed by atoms with Gasteiger partial charge in [0.15, 0.2) is 0 Å². The van der Waals surface area contributed by atoms with E-state index in [4.69, 9.17) is 11.6 Å². The first kappa shape index (κ1) is 15.1. The predicted octanol–water partition coefficient (Wildman–Crippen LogP) is 5.07. The molecule has 0 aliphatic carbocycles. The minimum atomic E-state index is 0.00914. The van der Waals surface area contributed by atoms with Gasteiger partial charge in [-0.05, 0) is 43.2 Å². The normalized spacial score (nSPS) is 12.2. The van der Waals surface area contributed by atoms with Crippen LogP contribution in [0.3, 0.4) is 0 Å². The van der Waals surface area contributed by atoms with E-state index in [9.17, 15) is 5.11 Å².